The van der Waals surface area contributed by atoms with Crippen LogP contribution in [0.5, 0.6) is 0 Å². The molecule has 0 saturated carbocycles. The standard InChI is InChI=1S/C20H16F2N2O2S/c21-16-10-19(24(25)26)17(22)8-15(16)9-20-23-18(11-27-20)14-6-5-12-3-1-2-4-13(12)7-14/h5-8,10-11H,1-4,9H2. The van der Waals surface area contributed by atoms with Crippen LogP contribution in [-0.2, 0) is 19.3 Å². The minimum atomic E-state index is -1.04. The van der Waals surface area contributed by atoms with Gasteiger partial charge in [0.2, 0.25) is 5.82 Å². The molecule has 7 heteroatoms. The zero-order valence-electron chi connectivity index (χ0n) is 14.4. The van der Waals surface area contributed by atoms with E-state index in [2.05, 4.69) is 23.2 Å². The highest BCUT2D eigenvalue weighted by Crippen LogP contribution is 2.30. The molecule has 138 valence electrons. The van der Waals surface area contributed by atoms with Crippen LogP contribution >= 0.6 is 11.3 Å². The summed E-state index contributed by atoms with van der Waals surface area (Å²) in [6, 6.07) is 7.87. The first-order chi connectivity index (χ1) is 13.0. The fourth-order valence-electron chi connectivity index (χ4n) is 3.43. The summed E-state index contributed by atoms with van der Waals surface area (Å²) in [4.78, 5) is 14.3. The van der Waals surface area contributed by atoms with Crippen LogP contribution in [0.3, 0.4) is 0 Å². The summed E-state index contributed by atoms with van der Waals surface area (Å²) in [6.07, 6.45) is 4.71. The Bertz CT molecular complexity index is 1030. The molecule has 0 N–H and O–H groups in total. The van der Waals surface area contributed by atoms with Gasteiger partial charge >= 0.3 is 5.69 Å². The number of nitro groups is 1. The van der Waals surface area contributed by atoms with Crippen molar-refractivity contribution in [1.29, 1.82) is 0 Å². The van der Waals surface area contributed by atoms with Crippen LogP contribution in [0.4, 0.5) is 14.5 Å². The molecule has 0 spiro atoms. The highest BCUT2D eigenvalue weighted by atomic mass is 32.1. The molecule has 0 saturated heterocycles. The number of hydrogen-bond donors (Lipinski definition) is 0. The Kier molecular flexibility index (Phi) is 4.70. The third-order valence-electron chi connectivity index (χ3n) is 4.85. The van der Waals surface area contributed by atoms with Crippen molar-refractivity contribution in [2.24, 2.45) is 0 Å². The summed E-state index contributed by atoms with van der Waals surface area (Å²) < 4.78 is 27.9. The lowest BCUT2D eigenvalue weighted by molar-refractivity contribution is -0.387. The van der Waals surface area contributed by atoms with Gasteiger partial charge in [-0.25, -0.2) is 9.37 Å². The van der Waals surface area contributed by atoms with Gasteiger partial charge in [-0.15, -0.1) is 11.3 Å². The first kappa shape index (κ1) is 17.7. The van der Waals surface area contributed by atoms with Gasteiger partial charge in [-0.05, 0) is 54.5 Å². The SMILES string of the molecule is O=[N+]([O-])c1cc(F)c(Cc2nc(-c3ccc4c(c3)CCCC4)cs2)cc1F. The van der Waals surface area contributed by atoms with Crippen molar-refractivity contribution >= 4 is 17.0 Å². The maximum Gasteiger partial charge on any atom is 0.307 e. The van der Waals surface area contributed by atoms with Gasteiger partial charge in [-0.2, -0.15) is 4.39 Å². The molecule has 3 aromatic rings. The Morgan fingerprint density at radius 2 is 1.85 bits per heavy atom. The minimum absolute atomic E-state index is 0.0597. The zero-order chi connectivity index (χ0) is 19.0. The van der Waals surface area contributed by atoms with E-state index in [1.165, 1.54) is 35.3 Å². The van der Waals surface area contributed by atoms with E-state index in [0.717, 1.165) is 30.2 Å². The largest absolute Gasteiger partial charge is 0.307 e. The summed E-state index contributed by atoms with van der Waals surface area (Å²) in [5.41, 5.74) is 3.79. The van der Waals surface area contributed by atoms with Crippen LogP contribution in [0.15, 0.2) is 35.7 Å². The highest BCUT2D eigenvalue weighted by Gasteiger charge is 2.19. The van der Waals surface area contributed by atoms with Gasteiger partial charge in [0, 0.05) is 17.4 Å². The molecule has 4 nitrogen and oxygen atoms in total. The van der Waals surface area contributed by atoms with Crippen LogP contribution in [0.1, 0.15) is 34.5 Å². The normalized spacial score (nSPS) is 13.4. The Morgan fingerprint density at radius 3 is 2.63 bits per heavy atom. The van der Waals surface area contributed by atoms with E-state index < -0.39 is 22.2 Å². The lowest BCUT2D eigenvalue weighted by Gasteiger charge is -2.16. The smallest absolute Gasteiger partial charge is 0.258 e. The van der Waals surface area contributed by atoms with Gasteiger partial charge in [-0.3, -0.25) is 10.1 Å². The quantitative estimate of drug-likeness (QED) is 0.441. The van der Waals surface area contributed by atoms with Gasteiger partial charge in [0.25, 0.3) is 0 Å². The van der Waals surface area contributed by atoms with E-state index in [0.29, 0.717) is 11.1 Å². The van der Waals surface area contributed by atoms with Crippen molar-refractivity contribution in [3.8, 4) is 11.3 Å². The number of aromatic nitrogens is 1. The monoisotopic (exact) mass is 386 g/mol. The molecule has 2 aromatic carbocycles. The second-order valence-electron chi connectivity index (χ2n) is 6.65. The van der Waals surface area contributed by atoms with Crippen molar-refractivity contribution in [3.05, 3.63) is 79.2 Å². The second kappa shape index (κ2) is 7.15. The van der Waals surface area contributed by atoms with Crippen molar-refractivity contribution in [3.63, 3.8) is 0 Å². The lowest BCUT2D eigenvalue weighted by atomic mass is 9.90. The Hall–Kier alpha value is -2.67. The number of nitro benzene ring substituents is 1. The number of thiazole rings is 1. The van der Waals surface area contributed by atoms with Crippen LogP contribution in [0, 0.1) is 21.7 Å². The maximum absolute atomic E-state index is 14.1. The molecular formula is C20H16F2N2O2S. The summed E-state index contributed by atoms with van der Waals surface area (Å²) in [6.45, 7) is 0. The molecule has 1 aromatic heterocycles. The van der Waals surface area contributed by atoms with Crippen molar-refractivity contribution in [2.75, 3.05) is 0 Å². The fraction of sp³-hybridized carbons (Fsp3) is 0.250. The molecule has 0 unspecified atom stereocenters. The summed E-state index contributed by atoms with van der Waals surface area (Å²) >= 11 is 1.37. The maximum atomic E-state index is 14.1. The topological polar surface area (TPSA) is 56.0 Å². The number of halogens is 2. The summed E-state index contributed by atoms with van der Waals surface area (Å²) in [7, 11) is 0. The van der Waals surface area contributed by atoms with E-state index in [-0.39, 0.29) is 12.0 Å². The second-order valence-corrected chi connectivity index (χ2v) is 7.59. The van der Waals surface area contributed by atoms with E-state index in [9.17, 15) is 18.9 Å². The summed E-state index contributed by atoms with van der Waals surface area (Å²) in [5.74, 6) is -1.84. The van der Waals surface area contributed by atoms with Gasteiger partial charge in [0.15, 0.2) is 0 Å². The van der Waals surface area contributed by atoms with Crippen molar-refractivity contribution in [1.82, 2.24) is 4.98 Å². The zero-order valence-corrected chi connectivity index (χ0v) is 15.2. The van der Waals surface area contributed by atoms with Gasteiger partial charge in [-0.1, -0.05) is 12.1 Å². The molecule has 0 fully saturated rings. The molecule has 0 bridgehead atoms. The van der Waals surface area contributed by atoms with Crippen LogP contribution < -0.4 is 0 Å². The lowest BCUT2D eigenvalue weighted by Crippen LogP contribution is -2.02. The molecule has 1 aliphatic rings. The first-order valence-corrected chi connectivity index (χ1v) is 9.58. The van der Waals surface area contributed by atoms with Gasteiger partial charge in [0.05, 0.1) is 21.7 Å². The van der Waals surface area contributed by atoms with Crippen LogP contribution in [0.2, 0.25) is 0 Å². The number of fused-ring (bicyclic) bond motifs is 1. The third-order valence-corrected chi connectivity index (χ3v) is 5.70. The predicted octanol–water partition coefficient (Wildman–Crippen LogP) is 5.47. The number of aryl methyl sites for hydroxylation is 2. The highest BCUT2D eigenvalue weighted by molar-refractivity contribution is 7.10. The fourth-order valence-corrected chi connectivity index (χ4v) is 4.26. The average molecular weight is 386 g/mol. The average Bonchev–Trinajstić information content (AvgIpc) is 3.12. The van der Waals surface area contributed by atoms with Gasteiger partial charge < -0.3 is 0 Å². The molecule has 0 radical (unpaired) electrons. The molecule has 1 aliphatic carbocycles. The van der Waals surface area contributed by atoms with E-state index >= 15 is 0 Å². The van der Waals surface area contributed by atoms with E-state index in [1.807, 2.05) is 5.38 Å². The Labute approximate surface area is 158 Å². The molecule has 4 rings (SSSR count). The molecule has 1 heterocycles. The summed E-state index contributed by atoms with van der Waals surface area (Å²) in [5, 5.41) is 13.2. The first-order valence-electron chi connectivity index (χ1n) is 8.70. The van der Waals surface area contributed by atoms with E-state index in [1.54, 1.807) is 0 Å². The molecule has 0 amide bonds. The Morgan fingerprint density at radius 1 is 1.07 bits per heavy atom. The molecule has 0 aliphatic heterocycles. The van der Waals surface area contributed by atoms with Crippen molar-refractivity contribution in [2.45, 2.75) is 32.1 Å². The Balaban J connectivity index is 1.59. The van der Waals surface area contributed by atoms with Crippen LogP contribution in [0.25, 0.3) is 11.3 Å². The molecule has 0 atom stereocenters. The number of benzene rings is 2. The van der Waals surface area contributed by atoms with Gasteiger partial charge in [0.1, 0.15) is 5.82 Å². The number of hydrogen-bond acceptors (Lipinski definition) is 4. The molecule has 27 heavy (non-hydrogen) atoms. The predicted molar refractivity (Wildman–Crippen MR) is 100 cm³/mol. The number of rotatable bonds is 4. The van der Waals surface area contributed by atoms with E-state index in [4.69, 9.17) is 0 Å². The van der Waals surface area contributed by atoms with Crippen LogP contribution in [-0.4, -0.2) is 9.91 Å². The molecular weight excluding hydrogens is 370 g/mol. The van der Waals surface area contributed by atoms with Crippen molar-refractivity contribution < 1.29 is 13.7 Å². The number of nitrogens with zero attached hydrogens (tertiary/aromatic N) is 2. The third kappa shape index (κ3) is 3.60. The minimum Gasteiger partial charge on any atom is -0.258 e.